The Balaban J connectivity index is 0.000000570. The molecular weight excluding hydrogens is 579 g/mol. The maximum atomic E-state index is 12.8. The fraction of sp³-hybridized carbons (Fsp3) is 0.405. The monoisotopic (exact) mass is 631 g/mol. The van der Waals surface area contributed by atoms with Crippen LogP contribution in [0.2, 0.25) is 0 Å². The van der Waals surface area contributed by atoms with Crippen LogP contribution >= 0.6 is 12.6 Å². The number of carbonyl (C=O) groups excluding carboxylic acids is 2. The Morgan fingerprint density at radius 3 is 2.47 bits per heavy atom. The first kappa shape index (κ1) is 39.1. The first-order chi connectivity index (χ1) is 21.2. The van der Waals surface area contributed by atoms with Gasteiger partial charge in [-0.1, -0.05) is 103 Å². The molecule has 0 bridgehead atoms. The standard InChI is InChI=1S/C22H27N5O2S.C13H20.C2H6/c1-13-6-7-16-8-9-22(4,11-18(16)25-13)12-24-20(29)17-10-19(14(2)28)27(15(3)30)21(23-5)26-17;1-6-13(7-2)10-8-9-12(5)11(3)4;1-2/h8-10,25,30H,1,3,6-7,11-12H2,2,4-5H3,(H,24,29);6,8-10,12H,1,3,7H2,2,4-5H3;1-2H3/b;9-8?,13-10+;. The third-order valence-corrected chi connectivity index (χ3v) is 7.68. The maximum absolute atomic E-state index is 12.8. The van der Waals surface area contributed by atoms with Crippen molar-refractivity contribution in [2.24, 2.45) is 16.3 Å². The fourth-order valence-corrected chi connectivity index (χ4v) is 4.70. The van der Waals surface area contributed by atoms with Crippen molar-refractivity contribution in [2.45, 2.75) is 74.1 Å². The molecule has 2 unspecified atom stereocenters. The molecule has 0 saturated carbocycles. The summed E-state index contributed by atoms with van der Waals surface area (Å²) in [7, 11) is 1.53. The zero-order valence-corrected chi connectivity index (χ0v) is 29.5. The molecule has 3 rings (SSSR count). The number of allylic oxidation sites excluding steroid dienone is 10. The molecular formula is C37H53N5O2S. The van der Waals surface area contributed by atoms with E-state index in [1.54, 1.807) is 0 Å². The van der Waals surface area contributed by atoms with Crippen molar-refractivity contribution < 1.29 is 9.59 Å². The Morgan fingerprint density at radius 2 is 1.93 bits per heavy atom. The molecule has 45 heavy (non-hydrogen) atoms. The number of thiol groups is 1. The molecule has 7 nitrogen and oxygen atoms in total. The van der Waals surface area contributed by atoms with E-state index in [2.05, 4.69) is 111 Å². The highest BCUT2D eigenvalue weighted by atomic mass is 32.1. The topological polar surface area (TPSA) is 88.4 Å². The van der Waals surface area contributed by atoms with E-state index in [1.165, 1.54) is 47.0 Å². The summed E-state index contributed by atoms with van der Waals surface area (Å²) in [5, 5.41) is 6.64. The molecule has 0 saturated heterocycles. The molecule has 1 aliphatic carbocycles. The summed E-state index contributed by atoms with van der Waals surface area (Å²) in [6.07, 6.45) is 16.3. The van der Waals surface area contributed by atoms with Crippen LogP contribution in [0.15, 0.2) is 102 Å². The summed E-state index contributed by atoms with van der Waals surface area (Å²) >= 11 is 4.22. The molecule has 2 aliphatic rings. The van der Waals surface area contributed by atoms with Crippen LogP contribution in [-0.2, 0) is 0 Å². The van der Waals surface area contributed by atoms with Crippen LogP contribution in [0.4, 0.5) is 0 Å². The summed E-state index contributed by atoms with van der Waals surface area (Å²) < 4.78 is 1.42. The summed E-state index contributed by atoms with van der Waals surface area (Å²) in [5.74, 6) is -0.147. The SMILES string of the molecule is C=C/C(=C\C=CC(C)C(=C)C)CC.C=C1CCC2=C(CC(C)(CNC(=O)c3cc(C(C)=O)n(C(=C)S)c(=NC)n3)C=C2)N1.CC. The molecule has 2 atom stereocenters. The van der Waals surface area contributed by atoms with Gasteiger partial charge in [0.2, 0.25) is 5.62 Å². The molecule has 1 aromatic heterocycles. The number of hydrogen-bond donors (Lipinski definition) is 3. The van der Waals surface area contributed by atoms with Gasteiger partial charge >= 0.3 is 0 Å². The lowest BCUT2D eigenvalue weighted by Crippen LogP contribution is -2.39. The number of amides is 1. The number of Topliss-reactive ketones (excluding diaryl/α,β-unsaturated/α-hetero) is 1. The van der Waals surface area contributed by atoms with E-state index in [4.69, 9.17) is 0 Å². The Bertz CT molecular complexity index is 1490. The molecule has 1 aromatic rings. The highest BCUT2D eigenvalue weighted by Crippen LogP contribution is 2.36. The van der Waals surface area contributed by atoms with Crippen molar-refractivity contribution >= 4 is 29.3 Å². The highest BCUT2D eigenvalue weighted by Gasteiger charge is 2.30. The summed E-state index contributed by atoms with van der Waals surface area (Å²) in [4.78, 5) is 33.3. The lowest BCUT2D eigenvalue weighted by atomic mass is 9.78. The number of rotatable bonds is 10. The van der Waals surface area contributed by atoms with Crippen LogP contribution in [0, 0.1) is 11.3 Å². The predicted octanol–water partition coefficient (Wildman–Crippen LogP) is 8.12. The maximum Gasteiger partial charge on any atom is 0.270 e. The first-order valence-electron chi connectivity index (χ1n) is 15.5. The van der Waals surface area contributed by atoms with Crippen LogP contribution in [0.3, 0.4) is 0 Å². The Labute approximate surface area is 276 Å². The van der Waals surface area contributed by atoms with E-state index >= 15 is 0 Å². The van der Waals surface area contributed by atoms with Crippen LogP contribution < -0.4 is 16.3 Å². The van der Waals surface area contributed by atoms with Crippen LogP contribution in [-0.4, -0.2) is 34.8 Å². The minimum atomic E-state index is -0.366. The quantitative estimate of drug-likeness (QED) is 0.105. The molecule has 0 spiro atoms. The zero-order valence-electron chi connectivity index (χ0n) is 28.6. The number of aromatic nitrogens is 2. The average molecular weight is 632 g/mol. The van der Waals surface area contributed by atoms with Gasteiger partial charge < -0.3 is 10.6 Å². The van der Waals surface area contributed by atoms with Crippen molar-refractivity contribution in [3.8, 4) is 0 Å². The smallest absolute Gasteiger partial charge is 0.270 e. The molecule has 244 valence electrons. The molecule has 0 radical (unpaired) electrons. The number of nitrogens with one attached hydrogen (secondary N) is 2. The van der Waals surface area contributed by atoms with E-state index in [9.17, 15) is 9.59 Å². The summed E-state index contributed by atoms with van der Waals surface area (Å²) in [6.45, 7) is 29.7. The van der Waals surface area contributed by atoms with E-state index in [-0.39, 0.29) is 34.1 Å². The molecule has 2 N–H and O–H groups in total. The van der Waals surface area contributed by atoms with E-state index in [0.29, 0.717) is 17.5 Å². The highest BCUT2D eigenvalue weighted by molar-refractivity contribution is 7.90. The molecule has 1 amide bonds. The Morgan fingerprint density at radius 1 is 1.27 bits per heavy atom. The second kappa shape index (κ2) is 18.8. The van der Waals surface area contributed by atoms with Crippen LogP contribution in [0.5, 0.6) is 0 Å². The Kier molecular flexibility index (Phi) is 16.3. The molecule has 0 fully saturated rings. The first-order valence-corrected chi connectivity index (χ1v) is 16.0. The number of nitrogens with zero attached hydrogens (tertiary/aromatic N) is 3. The van der Waals surface area contributed by atoms with Crippen LogP contribution in [0.25, 0.3) is 5.03 Å². The van der Waals surface area contributed by atoms with Gasteiger partial charge in [0.15, 0.2) is 5.78 Å². The molecule has 2 heterocycles. The second-order valence-electron chi connectivity index (χ2n) is 11.3. The van der Waals surface area contributed by atoms with Crippen molar-refractivity contribution in [3.63, 3.8) is 0 Å². The molecule has 0 aromatic carbocycles. The van der Waals surface area contributed by atoms with Gasteiger partial charge in [-0.25, -0.2) is 4.98 Å². The molecule has 1 aliphatic heterocycles. The number of carbonyl (C=O) groups is 2. The van der Waals surface area contributed by atoms with Gasteiger partial charge in [0, 0.05) is 37.3 Å². The largest absolute Gasteiger partial charge is 0.363 e. The number of hydrogen-bond acceptors (Lipinski definition) is 6. The van der Waals surface area contributed by atoms with Gasteiger partial charge in [0.1, 0.15) is 5.69 Å². The fourth-order valence-electron chi connectivity index (χ4n) is 4.50. The van der Waals surface area contributed by atoms with E-state index in [0.717, 1.165) is 31.4 Å². The minimum Gasteiger partial charge on any atom is -0.363 e. The van der Waals surface area contributed by atoms with E-state index in [1.807, 2.05) is 26.8 Å². The van der Waals surface area contributed by atoms with Gasteiger partial charge in [0.05, 0.1) is 10.7 Å². The van der Waals surface area contributed by atoms with Crippen molar-refractivity contribution in [1.29, 1.82) is 0 Å². The number of ketones is 1. The van der Waals surface area contributed by atoms with Gasteiger partial charge in [-0.2, -0.15) is 0 Å². The molecule has 8 heteroatoms. The second-order valence-corrected chi connectivity index (χ2v) is 11.8. The van der Waals surface area contributed by atoms with Crippen molar-refractivity contribution in [3.05, 3.63) is 114 Å². The van der Waals surface area contributed by atoms with Gasteiger partial charge in [0.25, 0.3) is 5.91 Å². The Hall–Kier alpha value is -3.91. The van der Waals surface area contributed by atoms with Gasteiger partial charge in [-0.15, -0.1) is 12.6 Å². The lowest BCUT2D eigenvalue weighted by Gasteiger charge is -2.35. The minimum absolute atomic E-state index is 0.124. The normalized spacial score (nSPS) is 18.5. The third kappa shape index (κ3) is 11.8. The third-order valence-electron chi connectivity index (χ3n) is 7.48. The van der Waals surface area contributed by atoms with Crippen molar-refractivity contribution in [2.75, 3.05) is 13.6 Å². The average Bonchev–Trinajstić information content (AvgIpc) is 3.02. The predicted molar refractivity (Wildman–Crippen MR) is 194 cm³/mol. The lowest BCUT2D eigenvalue weighted by molar-refractivity contribution is 0.0934. The van der Waals surface area contributed by atoms with Crippen LogP contribution in [0.1, 0.15) is 95.1 Å². The van der Waals surface area contributed by atoms with Gasteiger partial charge in [-0.05, 0) is 55.7 Å². The zero-order chi connectivity index (χ0) is 34.3. The van der Waals surface area contributed by atoms with Crippen molar-refractivity contribution in [1.82, 2.24) is 20.2 Å². The summed E-state index contributed by atoms with van der Waals surface area (Å²) in [6, 6.07) is 1.44. The van der Waals surface area contributed by atoms with Gasteiger partial charge in [-0.3, -0.25) is 19.1 Å². The summed E-state index contributed by atoms with van der Waals surface area (Å²) in [5.41, 5.74) is 6.28. The van der Waals surface area contributed by atoms with E-state index < -0.39 is 0 Å².